The molecule has 41 heavy (non-hydrogen) atoms. The number of cyclic esters (lactones) is 1. The Balaban J connectivity index is 3.35. The number of nitrogens with one attached hydrogen (secondary N) is 5. The second-order valence-corrected chi connectivity index (χ2v) is 12.0. The summed E-state index contributed by atoms with van der Waals surface area (Å²) in [6, 6.07) is -3.95. The van der Waals surface area contributed by atoms with E-state index in [4.69, 9.17) is 4.74 Å². The Morgan fingerprint density at radius 2 is 1.39 bits per heavy atom. The van der Waals surface area contributed by atoms with Crippen molar-refractivity contribution < 1.29 is 33.5 Å². The van der Waals surface area contributed by atoms with Crippen LogP contribution in [0.2, 0.25) is 0 Å². The smallest absolute Gasteiger partial charge is 0.329 e. The molecule has 0 aromatic heterocycles. The highest BCUT2D eigenvalue weighted by Gasteiger charge is 2.33. The second-order valence-electron chi connectivity index (χ2n) is 12.0. The zero-order valence-corrected chi connectivity index (χ0v) is 25.9. The van der Waals surface area contributed by atoms with Gasteiger partial charge in [0.15, 0.2) is 0 Å². The second kappa shape index (κ2) is 17.6. The van der Waals surface area contributed by atoms with E-state index in [1.54, 1.807) is 27.7 Å². The number of hydrogen-bond acceptors (Lipinski definition) is 7. The quantitative estimate of drug-likeness (QED) is 0.212. The lowest BCUT2D eigenvalue weighted by Crippen LogP contribution is -2.58. The third-order valence-electron chi connectivity index (χ3n) is 6.85. The first kappa shape index (κ1) is 35.8. The molecule has 1 unspecified atom stereocenters. The molecular weight excluding hydrogens is 530 g/mol. The molecule has 0 spiro atoms. The fourth-order valence-corrected chi connectivity index (χ4v) is 4.40. The number of carbonyl (C=O) groups is 6. The van der Waals surface area contributed by atoms with Gasteiger partial charge in [-0.05, 0) is 43.9 Å². The normalized spacial score (nSPS) is 26.3. The molecule has 1 aliphatic rings. The van der Waals surface area contributed by atoms with Gasteiger partial charge in [0.25, 0.3) is 0 Å². The molecule has 12 heteroatoms. The van der Waals surface area contributed by atoms with Gasteiger partial charge in [-0.15, -0.1) is 0 Å². The Morgan fingerprint density at radius 1 is 0.756 bits per heavy atom. The topological polar surface area (TPSA) is 172 Å². The van der Waals surface area contributed by atoms with Crippen molar-refractivity contribution in [3.63, 3.8) is 0 Å². The molecule has 0 radical (unpaired) electrons. The van der Waals surface area contributed by atoms with Crippen LogP contribution in [0.1, 0.15) is 93.9 Å². The van der Waals surface area contributed by atoms with Crippen LogP contribution in [0.25, 0.3) is 0 Å². The summed E-state index contributed by atoms with van der Waals surface area (Å²) >= 11 is 0. The summed E-state index contributed by atoms with van der Waals surface area (Å²) in [5, 5.41) is 13.2. The SMILES string of the molecule is CCCCCC1CC(=O)NCC(=O)N[C@@H](C(C)C)C(=O)N[C@H](CC(C)C)C(=O)N[C@@H](C)C(=O)N[C@@H](C(C)C)C(=O)O1. The third kappa shape index (κ3) is 12.9. The Kier molecular flexibility index (Phi) is 15.4. The van der Waals surface area contributed by atoms with Crippen molar-refractivity contribution >= 4 is 35.5 Å². The number of esters is 1. The van der Waals surface area contributed by atoms with Gasteiger partial charge in [0.05, 0.1) is 13.0 Å². The van der Waals surface area contributed by atoms with Crippen LogP contribution in [0, 0.1) is 17.8 Å². The van der Waals surface area contributed by atoms with Crippen LogP contribution < -0.4 is 26.6 Å². The maximum Gasteiger partial charge on any atom is 0.329 e. The monoisotopic (exact) mass is 581 g/mol. The molecule has 1 rings (SSSR count). The lowest BCUT2D eigenvalue weighted by Gasteiger charge is -2.27. The van der Waals surface area contributed by atoms with Crippen molar-refractivity contribution in [2.75, 3.05) is 6.54 Å². The molecule has 5 amide bonds. The molecule has 5 N–H and O–H groups in total. The largest absolute Gasteiger partial charge is 0.460 e. The molecule has 1 heterocycles. The van der Waals surface area contributed by atoms with Crippen molar-refractivity contribution in [3.8, 4) is 0 Å². The summed E-state index contributed by atoms with van der Waals surface area (Å²) in [4.78, 5) is 77.9. The van der Waals surface area contributed by atoms with E-state index in [0.717, 1.165) is 19.3 Å². The van der Waals surface area contributed by atoms with Gasteiger partial charge in [0.1, 0.15) is 30.3 Å². The average Bonchev–Trinajstić information content (AvgIpc) is 2.87. The molecule has 234 valence electrons. The molecule has 0 aromatic carbocycles. The predicted octanol–water partition coefficient (Wildman–Crippen LogP) is 1.32. The molecule has 0 aromatic rings. The summed E-state index contributed by atoms with van der Waals surface area (Å²) in [5.41, 5.74) is 0. The van der Waals surface area contributed by atoms with E-state index in [1.165, 1.54) is 6.92 Å². The molecule has 12 nitrogen and oxygen atoms in total. The lowest BCUT2D eigenvalue weighted by atomic mass is 9.99. The molecule has 0 saturated carbocycles. The van der Waals surface area contributed by atoms with Crippen molar-refractivity contribution in [3.05, 3.63) is 0 Å². The van der Waals surface area contributed by atoms with Crippen LogP contribution in [0.4, 0.5) is 0 Å². The van der Waals surface area contributed by atoms with Gasteiger partial charge in [-0.3, -0.25) is 24.0 Å². The van der Waals surface area contributed by atoms with E-state index in [9.17, 15) is 28.8 Å². The summed E-state index contributed by atoms with van der Waals surface area (Å²) < 4.78 is 5.70. The molecule has 1 saturated heterocycles. The van der Waals surface area contributed by atoms with Gasteiger partial charge in [0, 0.05) is 0 Å². The number of rotatable bonds is 8. The fourth-order valence-electron chi connectivity index (χ4n) is 4.40. The first-order valence-electron chi connectivity index (χ1n) is 14.8. The van der Waals surface area contributed by atoms with E-state index in [0.29, 0.717) is 12.8 Å². The minimum atomic E-state index is -1.02. The van der Waals surface area contributed by atoms with Crippen LogP contribution in [0.15, 0.2) is 0 Å². The number of hydrogen-bond donors (Lipinski definition) is 5. The fraction of sp³-hybridized carbons (Fsp3) is 0.793. The van der Waals surface area contributed by atoms with Crippen molar-refractivity contribution in [2.24, 2.45) is 17.8 Å². The van der Waals surface area contributed by atoms with E-state index < -0.39 is 65.8 Å². The first-order chi connectivity index (χ1) is 19.2. The van der Waals surface area contributed by atoms with E-state index in [1.807, 2.05) is 20.8 Å². The molecule has 1 fully saturated rings. The van der Waals surface area contributed by atoms with Gasteiger partial charge < -0.3 is 31.3 Å². The van der Waals surface area contributed by atoms with Crippen LogP contribution >= 0.6 is 0 Å². The van der Waals surface area contributed by atoms with Gasteiger partial charge in [-0.25, -0.2) is 4.79 Å². The van der Waals surface area contributed by atoms with Crippen LogP contribution in [-0.4, -0.2) is 72.3 Å². The van der Waals surface area contributed by atoms with Crippen LogP contribution in [0.5, 0.6) is 0 Å². The minimum absolute atomic E-state index is 0.0319. The minimum Gasteiger partial charge on any atom is -0.460 e. The molecular formula is C29H51N5O7. The standard InChI is InChI=1S/C29H51N5O7/c1-9-10-11-12-20-14-22(35)30-15-23(36)33-24(17(4)5)28(39)32-21(13-16(2)3)27(38)31-19(8)26(37)34-25(18(6)7)29(40)41-20/h16-21,24-25H,9-15H2,1-8H3,(H,30,35)(H,31,38)(H,32,39)(H,33,36)(H,34,37)/t19-,20?,21+,24-,25-/m0/s1. The number of carbonyl (C=O) groups excluding carboxylic acids is 6. The van der Waals surface area contributed by atoms with Crippen LogP contribution in [-0.2, 0) is 33.5 Å². The molecule has 1 aliphatic heterocycles. The highest BCUT2D eigenvalue weighted by molar-refractivity contribution is 5.95. The Bertz CT molecular complexity index is 921. The number of ether oxygens (including phenoxy) is 1. The van der Waals surface area contributed by atoms with Gasteiger partial charge in [0.2, 0.25) is 29.5 Å². The van der Waals surface area contributed by atoms with Gasteiger partial charge in [-0.1, -0.05) is 61.3 Å². The van der Waals surface area contributed by atoms with Crippen molar-refractivity contribution in [1.82, 2.24) is 26.6 Å². The van der Waals surface area contributed by atoms with Crippen LogP contribution in [0.3, 0.4) is 0 Å². The maximum atomic E-state index is 13.2. The number of amides is 5. The average molecular weight is 582 g/mol. The van der Waals surface area contributed by atoms with E-state index in [2.05, 4.69) is 26.6 Å². The Hall–Kier alpha value is -3.18. The molecule has 0 bridgehead atoms. The van der Waals surface area contributed by atoms with E-state index >= 15 is 0 Å². The highest BCUT2D eigenvalue weighted by Crippen LogP contribution is 2.15. The summed E-state index contributed by atoms with van der Waals surface area (Å²) in [6.07, 6.45) is 2.38. The first-order valence-corrected chi connectivity index (χ1v) is 14.8. The summed E-state index contributed by atoms with van der Waals surface area (Å²) in [5.74, 6) is -4.05. The van der Waals surface area contributed by atoms with Gasteiger partial charge in [-0.2, -0.15) is 0 Å². The molecule has 0 aliphatic carbocycles. The Labute approximate surface area is 244 Å². The zero-order valence-electron chi connectivity index (χ0n) is 25.9. The molecule has 5 atom stereocenters. The summed E-state index contributed by atoms with van der Waals surface area (Å²) in [7, 11) is 0. The van der Waals surface area contributed by atoms with Crippen molar-refractivity contribution in [1.29, 1.82) is 0 Å². The van der Waals surface area contributed by atoms with Crippen molar-refractivity contribution in [2.45, 2.75) is 124 Å². The lowest BCUT2D eigenvalue weighted by molar-refractivity contribution is -0.156. The van der Waals surface area contributed by atoms with Gasteiger partial charge >= 0.3 is 5.97 Å². The predicted molar refractivity (Wildman–Crippen MR) is 154 cm³/mol. The Morgan fingerprint density at radius 3 is 1.95 bits per heavy atom. The number of unbranched alkanes of at least 4 members (excludes halogenated alkanes) is 2. The third-order valence-corrected chi connectivity index (χ3v) is 6.85. The summed E-state index contributed by atoms with van der Waals surface area (Å²) in [6.45, 7) is 13.9. The zero-order chi connectivity index (χ0) is 31.3. The van der Waals surface area contributed by atoms with E-state index in [-0.39, 0.29) is 30.7 Å². The maximum absolute atomic E-state index is 13.2. The highest BCUT2D eigenvalue weighted by atomic mass is 16.5.